The van der Waals surface area contributed by atoms with Gasteiger partial charge in [-0.1, -0.05) is 179 Å². The molecule has 2 heteroatoms. The van der Waals surface area contributed by atoms with Crippen molar-refractivity contribution in [2.75, 3.05) is 4.90 Å². The molecule has 0 aliphatic heterocycles. The van der Waals surface area contributed by atoms with Crippen molar-refractivity contribution < 1.29 is 4.42 Å². The lowest BCUT2D eigenvalue weighted by Crippen LogP contribution is -2.15. The van der Waals surface area contributed by atoms with Crippen molar-refractivity contribution in [2.24, 2.45) is 0 Å². The van der Waals surface area contributed by atoms with E-state index in [-0.39, 0.29) is 5.41 Å². The van der Waals surface area contributed by atoms with Crippen LogP contribution in [0.3, 0.4) is 0 Å². The van der Waals surface area contributed by atoms with Crippen LogP contribution in [-0.4, -0.2) is 0 Å². The Morgan fingerprint density at radius 3 is 1.94 bits per heavy atom. The minimum Gasteiger partial charge on any atom is -0.456 e. The second kappa shape index (κ2) is 17.3. The average molecular weight is 890 g/mol. The summed E-state index contributed by atoms with van der Waals surface area (Å²) in [7, 11) is 0. The lowest BCUT2D eigenvalue weighted by atomic mass is 9.80. The first-order valence-electron chi connectivity index (χ1n) is 24.7. The zero-order valence-corrected chi connectivity index (χ0v) is 39.9. The number of allylic oxidation sites excluding steroid dienone is 4. The first kappa shape index (κ1) is 42.4. The molecule has 0 bridgehead atoms. The number of hydrogen-bond donors (Lipinski definition) is 0. The fourth-order valence-electron chi connectivity index (χ4n) is 11.3. The topological polar surface area (TPSA) is 16.4 Å². The standard InChI is InChI=1S/C67H55NO/c1-5-16-48-20-15-24-56(66(48)54-21-10-9-17-44(54)2)51-32-38-57-60-41-50(33-40-61(60)67(3,4)62(57)42-51)55-22-11-13-25-63(55)68(52-34-27-46(28-35-52)45-18-7-6-8-19-45)53-36-29-47(30-37-53)49-31-39-59-58-23-12-14-26-64(58)69-65(59)43-49/h7,9-15,17-43H,5-6,8,16H2,1-4H3. The van der Waals surface area contributed by atoms with E-state index in [0.29, 0.717) is 0 Å². The van der Waals surface area contributed by atoms with E-state index in [1.807, 2.05) is 12.1 Å². The van der Waals surface area contributed by atoms with E-state index in [1.165, 1.54) is 77.9 Å². The van der Waals surface area contributed by atoms with Crippen LogP contribution < -0.4 is 4.90 Å². The summed E-state index contributed by atoms with van der Waals surface area (Å²) in [6.07, 6.45) is 11.2. The predicted molar refractivity (Wildman–Crippen MR) is 293 cm³/mol. The number of para-hydroxylation sites is 2. The van der Waals surface area contributed by atoms with Gasteiger partial charge >= 0.3 is 0 Å². The Bertz CT molecular complexity index is 3650. The number of aryl methyl sites for hydroxylation is 2. The van der Waals surface area contributed by atoms with E-state index < -0.39 is 0 Å². The summed E-state index contributed by atoms with van der Waals surface area (Å²) < 4.78 is 6.30. The van der Waals surface area contributed by atoms with Crippen LogP contribution in [0, 0.1) is 6.92 Å². The highest BCUT2D eigenvalue weighted by molar-refractivity contribution is 6.06. The van der Waals surface area contributed by atoms with Gasteiger partial charge in [0.25, 0.3) is 0 Å². The molecule has 0 saturated heterocycles. The van der Waals surface area contributed by atoms with Gasteiger partial charge in [0.15, 0.2) is 0 Å². The number of rotatable bonds is 10. The van der Waals surface area contributed by atoms with Gasteiger partial charge in [-0.3, -0.25) is 0 Å². The van der Waals surface area contributed by atoms with Gasteiger partial charge in [-0.25, -0.2) is 0 Å². The monoisotopic (exact) mass is 889 g/mol. The molecule has 10 aromatic rings. The summed E-state index contributed by atoms with van der Waals surface area (Å²) >= 11 is 0. The summed E-state index contributed by atoms with van der Waals surface area (Å²) in [6, 6.07) is 72.0. The number of fused-ring (bicyclic) bond motifs is 6. The van der Waals surface area contributed by atoms with E-state index in [4.69, 9.17) is 4.42 Å². The molecule has 334 valence electrons. The number of benzene rings is 9. The van der Waals surface area contributed by atoms with Crippen LogP contribution in [0.1, 0.15) is 67.9 Å². The van der Waals surface area contributed by atoms with E-state index in [1.54, 1.807) is 0 Å². The zero-order valence-electron chi connectivity index (χ0n) is 39.9. The molecule has 1 aromatic heterocycles. The Labute approximate surface area is 406 Å². The van der Waals surface area contributed by atoms with Crippen molar-refractivity contribution in [3.63, 3.8) is 0 Å². The minimum atomic E-state index is -0.171. The van der Waals surface area contributed by atoms with Crippen LogP contribution in [0.4, 0.5) is 17.1 Å². The second-order valence-electron chi connectivity index (χ2n) is 19.4. The molecule has 0 spiro atoms. The SMILES string of the molecule is CCCc1cccc(-c2ccc3c(c2)C(C)(C)c2ccc(-c4ccccc4N(c4ccc(C5=CCCC=C5)cc4)c4ccc(-c5ccc6c(c5)oc5ccccc56)cc4)cc2-3)c1-c1ccccc1C. The summed E-state index contributed by atoms with van der Waals surface area (Å²) in [6.45, 7) is 9.31. The first-order chi connectivity index (χ1) is 33.8. The Morgan fingerprint density at radius 2 is 1.16 bits per heavy atom. The molecule has 0 fully saturated rings. The summed E-state index contributed by atoms with van der Waals surface area (Å²) in [5.74, 6) is 0. The Hall–Kier alpha value is -7.94. The smallest absolute Gasteiger partial charge is 0.136 e. The van der Waals surface area contributed by atoms with Crippen LogP contribution >= 0.6 is 0 Å². The van der Waals surface area contributed by atoms with Crippen molar-refractivity contribution in [3.05, 3.63) is 240 Å². The first-order valence-corrected chi connectivity index (χ1v) is 24.7. The number of furan rings is 1. The summed E-state index contributed by atoms with van der Waals surface area (Å²) in [5, 5.41) is 2.29. The van der Waals surface area contributed by atoms with Gasteiger partial charge < -0.3 is 9.32 Å². The Balaban J connectivity index is 0.945. The van der Waals surface area contributed by atoms with Crippen molar-refractivity contribution in [3.8, 4) is 55.6 Å². The molecule has 0 unspecified atom stereocenters. The molecular weight excluding hydrogens is 835 g/mol. The highest BCUT2D eigenvalue weighted by Crippen LogP contribution is 2.52. The fourth-order valence-corrected chi connectivity index (χ4v) is 11.3. The fraction of sp³-hybridized carbons (Fsp3) is 0.134. The van der Waals surface area contributed by atoms with E-state index in [9.17, 15) is 0 Å². The van der Waals surface area contributed by atoms with E-state index >= 15 is 0 Å². The molecule has 1 heterocycles. The average Bonchev–Trinajstić information content (AvgIpc) is 3.88. The highest BCUT2D eigenvalue weighted by Gasteiger charge is 2.36. The molecular formula is C67H55NO. The van der Waals surface area contributed by atoms with Crippen molar-refractivity contribution in [1.82, 2.24) is 0 Å². The predicted octanol–water partition coefficient (Wildman–Crippen LogP) is 19.0. The molecule has 0 N–H and O–H groups in total. The van der Waals surface area contributed by atoms with Crippen LogP contribution in [0.15, 0.2) is 217 Å². The Kier molecular flexibility index (Phi) is 10.6. The second-order valence-corrected chi connectivity index (χ2v) is 19.4. The molecule has 12 rings (SSSR count). The molecule has 0 radical (unpaired) electrons. The van der Waals surface area contributed by atoms with Gasteiger partial charge in [-0.2, -0.15) is 0 Å². The third kappa shape index (κ3) is 7.43. The molecule has 69 heavy (non-hydrogen) atoms. The van der Waals surface area contributed by atoms with Gasteiger partial charge in [0.05, 0.1) is 5.69 Å². The molecule has 2 aliphatic rings. The van der Waals surface area contributed by atoms with Crippen LogP contribution in [0.25, 0.3) is 83.1 Å². The lowest BCUT2D eigenvalue weighted by Gasteiger charge is -2.28. The van der Waals surface area contributed by atoms with Gasteiger partial charge in [-0.05, 0) is 170 Å². The largest absolute Gasteiger partial charge is 0.456 e. The highest BCUT2D eigenvalue weighted by atomic mass is 16.3. The summed E-state index contributed by atoms with van der Waals surface area (Å²) in [4.78, 5) is 2.42. The zero-order chi connectivity index (χ0) is 46.6. The molecule has 0 amide bonds. The van der Waals surface area contributed by atoms with Crippen LogP contribution in [0.5, 0.6) is 0 Å². The third-order valence-corrected chi connectivity index (χ3v) is 14.8. The van der Waals surface area contributed by atoms with E-state index in [2.05, 4.69) is 233 Å². The van der Waals surface area contributed by atoms with Crippen LogP contribution in [-0.2, 0) is 11.8 Å². The molecule has 0 atom stereocenters. The van der Waals surface area contributed by atoms with Gasteiger partial charge in [0, 0.05) is 33.1 Å². The maximum Gasteiger partial charge on any atom is 0.136 e. The number of nitrogens with zero attached hydrogens (tertiary/aromatic N) is 1. The van der Waals surface area contributed by atoms with Gasteiger partial charge in [0.2, 0.25) is 0 Å². The molecule has 0 saturated carbocycles. The maximum atomic E-state index is 6.30. The number of anilines is 3. The van der Waals surface area contributed by atoms with E-state index in [0.717, 1.165) is 75.8 Å². The normalized spacial score (nSPS) is 13.7. The number of hydrogen-bond acceptors (Lipinski definition) is 2. The Morgan fingerprint density at radius 1 is 0.493 bits per heavy atom. The van der Waals surface area contributed by atoms with Crippen molar-refractivity contribution in [1.29, 1.82) is 0 Å². The molecule has 2 aliphatic carbocycles. The molecule has 9 aromatic carbocycles. The molecule has 2 nitrogen and oxygen atoms in total. The minimum absolute atomic E-state index is 0.171. The quantitative estimate of drug-likeness (QED) is 0.136. The lowest BCUT2D eigenvalue weighted by molar-refractivity contribution is 0.660. The third-order valence-electron chi connectivity index (χ3n) is 14.8. The van der Waals surface area contributed by atoms with Crippen molar-refractivity contribution in [2.45, 2.75) is 58.8 Å². The summed E-state index contributed by atoms with van der Waals surface area (Å²) in [5.41, 5.74) is 25.5. The van der Waals surface area contributed by atoms with Crippen LogP contribution in [0.2, 0.25) is 0 Å². The maximum absolute atomic E-state index is 6.30. The van der Waals surface area contributed by atoms with Gasteiger partial charge in [0.1, 0.15) is 11.2 Å². The van der Waals surface area contributed by atoms with Gasteiger partial charge in [-0.15, -0.1) is 0 Å². The van der Waals surface area contributed by atoms with Crippen molar-refractivity contribution >= 4 is 44.6 Å².